The van der Waals surface area contributed by atoms with Crippen molar-refractivity contribution in [1.82, 2.24) is 9.55 Å². The predicted molar refractivity (Wildman–Crippen MR) is 136 cm³/mol. The van der Waals surface area contributed by atoms with Gasteiger partial charge < -0.3 is 5.32 Å². The third kappa shape index (κ3) is 4.54. The van der Waals surface area contributed by atoms with Crippen molar-refractivity contribution in [3.8, 4) is 11.1 Å². The highest BCUT2D eigenvalue weighted by atomic mass is 79.9. The average Bonchev–Trinajstić information content (AvgIpc) is 3.13. The average molecular weight is 524 g/mol. The van der Waals surface area contributed by atoms with Crippen LogP contribution in [0.25, 0.3) is 21.3 Å². The predicted octanol–water partition coefficient (Wildman–Crippen LogP) is 5.99. The number of nitrogens with one attached hydrogen (secondary N) is 1. The van der Waals surface area contributed by atoms with Crippen LogP contribution in [0.1, 0.15) is 41.5 Å². The number of Topliss-reactive ketones (excluding diaryl/α,β-unsaturated/α-hetero) is 1. The van der Waals surface area contributed by atoms with E-state index in [0.29, 0.717) is 27.9 Å². The highest BCUT2D eigenvalue weighted by Gasteiger charge is 2.24. The van der Waals surface area contributed by atoms with E-state index in [1.165, 1.54) is 29.2 Å². The number of thiophene rings is 1. The number of fused-ring (bicyclic) bond motifs is 1. The molecular formula is C25H22BrN3O3S. The van der Waals surface area contributed by atoms with E-state index in [1.807, 2.05) is 38.1 Å². The number of aromatic nitrogens is 2. The lowest BCUT2D eigenvalue weighted by molar-refractivity contribution is -0.119. The van der Waals surface area contributed by atoms with Gasteiger partial charge in [0.05, 0.1) is 11.7 Å². The molecule has 4 aromatic rings. The molecule has 0 fully saturated rings. The van der Waals surface area contributed by atoms with Crippen LogP contribution in [0.2, 0.25) is 0 Å². The molecule has 1 unspecified atom stereocenters. The molecule has 0 spiro atoms. The Labute approximate surface area is 203 Å². The fourth-order valence-electron chi connectivity index (χ4n) is 3.82. The number of halogens is 1. The summed E-state index contributed by atoms with van der Waals surface area (Å²) in [7, 11) is 0. The van der Waals surface area contributed by atoms with E-state index < -0.39 is 6.04 Å². The molecule has 8 heteroatoms. The summed E-state index contributed by atoms with van der Waals surface area (Å²) in [5.74, 6) is -0.355. The number of amides is 1. The lowest BCUT2D eigenvalue weighted by Gasteiger charge is -2.18. The Balaban J connectivity index is 1.73. The third-order valence-electron chi connectivity index (χ3n) is 5.53. The molecule has 4 rings (SSSR count). The highest BCUT2D eigenvalue weighted by Crippen LogP contribution is 2.36. The fourth-order valence-corrected chi connectivity index (χ4v) is 5.09. The van der Waals surface area contributed by atoms with Crippen LogP contribution in [-0.4, -0.2) is 21.2 Å². The van der Waals surface area contributed by atoms with Crippen molar-refractivity contribution in [3.63, 3.8) is 0 Å². The van der Waals surface area contributed by atoms with Crippen LogP contribution in [0.5, 0.6) is 0 Å². The molecule has 0 aliphatic rings. The van der Waals surface area contributed by atoms with E-state index >= 15 is 0 Å². The lowest BCUT2D eigenvalue weighted by atomic mass is 10.0. The van der Waals surface area contributed by atoms with Crippen LogP contribution < -0.4 is 10.9 Å². The van der Waals surface area contributed by atoms with Gasteiger partial charge in [-0.05, 0) is 62.2 Å². The summed E-state index contributed by atoms with van der Waals surface area (Å²) >= 11 is 4.92. The number of anilines is 1. The quantitative estimate of drug-likeness (QED) is 0.315. The van der Waals surface area contributed by atoms with E-state index in [2.05, 4.69) is 26.2 Å². The second-order valence-electron chi connectivity index (χ2n) is 7.72. The first kappa shape index (κ1) is 23.1. The summed E-state index contributed by atoms with van der Waals surface area (Å²) in [6, 6.07) is 13.8. The Morgan fingerprint density at radius 2 is 1.79 bits per heavy atom. The minimum atomic E-state index is -0.722. The van der Waals surface area contributed by atoms with Crippen molar-refractivity contribution in [1.29, 1.82) is 0 Å². The largest absolute Gasteiger partial charge is 0.324 e. The zero-order valence-corrected chi connectivity index (χ0v) is 20.8. The molecule has 2 aromatic heterocycles. The standard InChI is InChI=1S/C25H22BrN3O3S/c1-4-20(23(31)28-19-11-7-16(8-12-19)14(2)30)29-13-27-24-22(25(29)32)21(15(3)33-24)17-5-9-18(26)10-6-17/h5-13,20H,4H2,1-3H3,(H,28,31). The molecule has 0 aliphatic carbocycles. The van der Waals surface area contributed by atoms with Crippen LogP contribution in [0.15, 0.2) is 64.1 Å². The molecular weight excluding hydrogens is 502 g/mol. The number of nitrogens with zero attached hydrogens (tertiary/aromatic N) is 2. The summed E-state index contributed by atoms with van der Waals surface area (Å²) in [5.41, 5.74) is 2.67. The van der Waals surface area contributed by atoms with Crippen molar-refractivity contribution in [2.75, 3.05) is 5.32 Å². The molecule has 168 valence electrons. The van der Waals surface area contributed by atoms with Gasteiger partial charge in [-0.2, -0.15) is 0 Å². The minimum absolute atomic E-state index is 0.0436. The molecule has 0 aliphatic heterocycles. The summed E-state index contributed by atoms with van der Waals surface area (Å²) in [6.07, 6.45) is 1.87. The summed E-state index contributed by atoms with van der Waals surface area (Å²) in [6.45, 7) is 5.32. The van der Waals surface area contributed by atoms with Crippen LogP contribution >= 0.6 is 27.3 Å². The number of ketones is 1. The molecule has 33 heavy (non-hydrogen) atoms. The molecule has 6 nitrogen and oxygen atoms in total. The number of hydrogen-bond acceptors (Lipinski definition) is 5. The van der Waals surface area contributed by atoms with Crippen LogP contribution in [0.3, 0.4) is 0 Å². The van der Waals surface area contributed by atoms with Crippen LogP contribution in [0.4, 0.5) is 5.69 Å². The highest BCUT2D eigenvalue weighted by molar-refractivity contribution is 9.10. The number of hydrogen-bond donors (Lipinski definition) is 1. The van der Waals surface area contributed by atoms with Crippen molar-refractivity contribution < 1.29 is 9.59 Å². The van der Waals surface area contributed by atoms with Gasteiger partial charge >= 0.3 is 0 Å². The van der Waals surface area contributed by atoms with E-state index in [9.17, 15) is 14.4 Å². The number of rotatable bonds is 6. The first-order chi connectivity index (χ1) is 15.8. The van der Waals surface area contributed by atoms with Gasteiger partial charge in [0, 0.05) is 26.2 Å². The maximum Gasteiger partial charge on any atom is 0.263 e. The topological polar surface area (TPSA) is 81.1 Å². The molecule has 0 saturated carbocycles. The second kappa shape index (κ2) is 9.41. The molecule has 1 amide bonds. The van der Waals surface area contributed by atoms with E-state index in [-0.39, 0.29) is 17.2 Å². The Bertz CT molecular complexity index is 1410. The normalized spacial score (nSPS) is 12.0. The number of benzene rings is 2. The molecule has 2 heterocycles. The van der Waals surface area contributed by atoms with Gasteiger partial charge in [0.1, 0.15) is 10.9 Å². The van der Waals surface area contributed by atoms with Crippen LogP contribution in [0, 0.1) is 6.92 Å². The first-order valence-electron chi connectivity index (χ1n) is 10.5. The lowest BCUT2D eigenvalue weighted by Crippen LogP contribution is -2.33. The molecule has 2 aromatic carbocycles. The van der Waals surface area contributed by atoms with Gasteiger partial charge in [-0.15, -0.1) is 11.3 Å². The van der Waals surface area contributed by atoms with Gasteiger partial charge in [-0.3, -0.25) is 19.0 Å². The van der Waals surface area contributed by atoms with Crippen molar-refractivity contribution in [3.05, 3.63) is 80.1 Å². The SMILES string of the molecule is CCC(C(=O)Nc1ccc(C(C)=O)cc1)n1cnc2sc(C)c(-c3ccc(Br)cc3)c2c1=O. The zero-order chi connectivity index (χ0) is 23.7. The molecule has 0 radical (unpaired) electrons. The van der Waals surface area contributed by atoms with E-state index in [4.69, 9.17) is 0 Å². The van der Waals surface area contributed by atoms with Crippen molar-refractivity contribution in [2.45, 2.75) is 33.2 Å². The maximum atomic E-state index is 13.6. The van der Waals surface area contributed by atoms with Gasteiger partial charge in [-0.1, -0.05) is 35.0 Å². The second-order valence-corrected chi connectivity index (χ2v) is 9.84. The van der Waals surface area contributed by atoms with Gasteiger partial charge in [0.2, 0.25) is 5.91 Å². The number of carbonyl (C=O) groups excluding carboxylic acids is 2. The first-order valence-corrected chi connectivity index (χ1v) is 12.1. The van der Waals surface area contributed by atoms with E-state index in [0.717, 1.165) is 20.5 Å². The van der Waals surface area contributed by atoms with Gasteiger partial charge in [0.15, 0.2) is 5.78 Å². The molecule has 1 atom stereocenters. The van der Waals surface area contributed by atoms with Crippen LogP contribution in [-0.2, 0) is 4.79 Å². The van der Waals surface area contributed by atoms with Crippen molar-refractivity contribution in [2.24, 2.45) is 0 Å². The monoisotopic (exact) mass is 523 g/mol. The summed E-state index contributed by atoms with van der Waals surface area (Å²) in [4.78, 5) is 44.3. The Morgan fingerprint density at radius 1 is 1.12 bits per heavy atom. The molecule has 1 N–H and O–H groups in total. The zero-order valence-electron chi connectivity index (χ0n) is 18.4. The Kier molecular flexibility index (Phi) is 6.58. The minimum Gasteiger partial charge on any atom is -0.324 e. The van der Waals surface area contributed by atoms with Gasteiger partial charge in [-0.25, -0.2) is 4.98 Å². The van der Waals surface area contributed by atoms with Crippen molar-refractivity contribution >= 4 is 54.9 Å². The van der Waals surface area contributed by atoms with E-state index in [1.54, 1.807) is 24.3 Å². The Morgan fingerprint density at radius 3 is 2.39 bits per heavy atom. The number of carbonyl (C=O) groups is 2. The maximum absolute atomic E-state index is 13.6. The fraction of sp³-hybridized carbons (Fsp3) is 0.200. The molecule has 0 saturated heterocycles. The number of aryl methyl sites for hydroxylation is 1. The molecule has 0 bridgehead atoms. The smallest absolute Gasteiger partial charge is 0.263 e. The Hall–Kier alpha value is -3.10. The third-order valence-corrected chi connectivity index (χ3v) is 7.07. The van der Waals surface area contributed by atoms with Gasteiger partial charge in [0.25, 0.3) is 5.56 Å². The summed E-state index contributed by atoms with van der Waals surface area (Å²) < 4.78 is 2.37. The summed E-state index contributed by atoms with van der Waals surface area (Å²) in [5, 5.41) is 3.38.